The molecule has 0 fully saturated rings. The van der Waals surface area contributed by atoms with Crippen molar-refractivity contribution in [1.82, 2.24) is 0 Å². The molecule has 0 heteroatoms. The summed E-state index contributed by atoms with van der Waals surface area (Å²) in [5.74, 6) is 0.493. The van der Waals surface area contributed by atoms with Crippen molar-refractivity contribution in [3.63, 3.8) is 0 Å². The van der Waals surface area contributed by atoms with Gasteiger partial charge >= 0.3 is 0 Å². The highest BCUT2D eigenvalue weighted by molar-refractivity contribution is 5.43. The molecule has 112 valence electrons. The van der Waals surface area contributed by atoms with Crippen molar-refractivity contribution in [2.75, 3.05) is 0 Å². The van der Waals surface area contributed by atoms with Crippen LogP contribution in [0.5, 0.6) is 0 Å². The number of hydrogen-bond donors (Lipinski definition) is 0. The van der Waals surface area contributed by atoms with E-state index in [1.54, 1.807) is 0 Å². The number of hydrogen-bond acceptors (Lipinski definition) is 0. The molecule has 0 nitrogen and oxygen atoms in total. The van der Waals surface area contributed by atoms with Crippen LogP contribution in [0.3, 0.4) is 0 Å². The van der Waals surface area contributed by atoms with E-state index >= 15 is 0 Å². The van der Waals surface area contributed by atoms with E-state index in [1.165, 1.54) is 16.7 Å². The van der Waals surface area contributed by atoms with E-state index in [0.717, 1.165) is 12.8 Å². The Morgan fingerprint density at radius 3 is 2.41 bits per heavy atom. The van der Waals surface area contributed by atoms with Gasteiger partial charge in [-0.2, -0.15) is 0 Å². The molecule has 0 radical (unpaired) electrons. The zero-order valence-corrected chi connectivity index (χ0v) is 13.5. The SMILES string of the molecule is CCc1cccc(C(C)(c2ccccc2)C2C=CC=CC2)c1. The van der Waals surface area contributed by atoms with Crippen LogP contribution in [0.1, 0.15) is 37.0 Å². The third-order valence-corrected chi connectivity index (χ3v) is 5.03. The molecule has 2 aromatic rings. The average molecular weight is 288 g/mol. The van der Waals surface area contributed by atoms with Crippen molar-refractivity contribution in [3.05, 3.63) is 95.6 Å². The van der Waals surface area contributed by atoms with Crippen molar-refractivity contribution >= 4 is 0 Å². The quantitative estimate of drug-likeness (QED) is 0.678. The summed E-state index contributed by atoms with van der Waals surface area (Å²) < 4.78 is 0. The molecule has 0 bridgehead atoms. The number of benzene rings is 2. The molecule has 2 atom stereocenters. The van der Waals surface area contributed by atoms with Gasteiger partial charge in [0.2, 0.25) is 0 Å². The lowest BCUT2D eigenvalue weighted by Crippen LogP contribution is -2.33. The molecule has 0 spiro atoms. The number of aryl methyl sites for hydroxylation is 1. The molecule has 0 N–H and O–H groups in total. The summed E-state index contributed by atoms with van der Waals surface area (Å²) in [5.41, 5.74) is 4.24. The number of allylic oxidation sites excluding steroid dienone is 4. The van der Waals surface area contributed by atoms with Gasteiger partial charge in [0.1, 0.15) is 0 Å². The van der Waals surface area contributed by atoms with Gasteiger partial charge in [0.25, 0.3) is 0 Å². The largest absolute Gasteiger partial charge is 0.0839 e. The summed E-state index contributed by atoms with van der Waals surface area (Å²) in [4.78, 5) is 0. The van der Waals surface area contributed by atoms with Crippen LogP contribution in [-0.4, -0.2) is 0 Å². The Kier molecular flexibility index (Phi) is 4.29. The molecular weight excluding hydrogens is 264 g/mol. The van der Waals surface area contributed by atoms with Gasteiger partial charge in [0.05, 0.1) is 0 Å². The van der Waals surface area contributed by atoms with Crippen LogP contribution in [0.15, 0.2) is 78.9 Å². The fraction of sp³-hybridized carbons (Fsp3) is 0.273. The van der Waals surface area contributed by atoms with Gasteiger partial charge in [-0.3, -0.25) is 0 Å². The van der Waals surface area contributed by atoms with Gasteiger partial charge < -0.3 is 0 Å². The molecule has 0 heterocycles. The summed E-state index contributed by atoms with van der Waals surface area (Å²) in [6, 6.07) is 20.1. The van der Waals surface area contributed by atoms with E-state index in [4.69, 9.17) is 0 Å². The van der Waals surface area contributed by atoms with Crippen molar-refractivity contribution in [2.45, 2.75) is 32.1 Å². The topological polar surface area (TPSA) is 0 Å². The van der Waals surface area contributed by atoms with E-state index < -0.39 is 0 Å². The highest BCUT2D eigenvalue weighted by Gasteiger charge is 2.36. The average Bonchev–Trinajstić information content (AvgIpc) is 2.62. The van der Waals surface area contributed by atoms with Gasteiger partial charge in [-0.1, -0.05) is 92.7 Å². The van der Waals surface area contributed by atoms with Crippen LogP contribution in [0.25, 0.3) is 0 Å². The van der Waals surface area contributed by atoms with Gasteiger partial charge in [-0.15, -0.1) is 0 Å². The van der Waals surface area contributed by atoms with E-state index in [0.29, 0.717) is 5.92 Å². The minimum absolute atomic E-state index is 0.00764. The van der Waals surface area contributed by atoms with E-state index in [-0.39, 0.29) is 5.41 Å². The first-order valence-electron chi connectivity index (χ1n) is 8.23. The van der Waals surface area contributed by atoms with Gasteiger partial charge in [0.15, 0.2) is 0 Å². The minimum Gasteiger partial charge on any atom is -0.0839 e. The standard InChI is InChI=1S/C22H24/c1-3-18-11-10-16-21(17-18)22(2,19-12-6-4-7-13-19)20-14-8-5-9-15-20/h4-14,16-17,20H,3,15H2,1-2H3. The van der Waals surface area contributed by atoms with Crippen LogP contribution in [0.2, 0.25) is 0 Å². The van der Waals surface area contributed by atoms with Crippen LogP contribution in [0, 0.1) is 5.92 Å². The van der Waals surface area contributed by atoms with Crippen molar-refractivity contribution < 1.29 is 0 Å². The third kappa shape index (κ3) is 2.66. The molecule has 0 aromatic heterocycles. The predicted molar refractivity (Wildman–Crippen MR) is 95.1 cm³/mol. The highest BCUT2D eigenvalue weighted by Crippen LogP contribution is 2.42. The lowest BCUT2D eigenvalue weighted by atomic mass is 9.65. The Labute approximate surface area is 134 Å². The summed E-state index contributed by atoms with van der Waals surface area (Å²) in [5, 5.41) is 0. The molecule has 1 aliphatic rings. The lowest BCUT2D eigenvalue weighted by molar-refractivity contribution is 0.415. The molecule has 22 heavy (non-hydrogen) atoms. The summed E-state index contributed by atoms with van der Waals surface area (Å²) in [7, 11) is 0. The molecule has 0 aliphatic heterocycles. The summed E-state index contributed by atoms with van der Waals surface area (Å²) in [6.07, 6.45) is 11.2. The molecular formula is C22H24. The Morgan fingerprint density at radius 1 is 0.955 bits per heavy atom. The zero-order chi connectivity index (χ0) is 15.4. The monoisotopic (exact) mass is 288 g/mol. The van der Waals surface area contributed by atoms with Crippen LogP contribution in [-0.2, 0) is 11.8 Å². The molecule has 0 amide bonds. The Hall–Kier alpha value is -2.08. The fourth-order valence-electron chi connectivity index (χ4n) is 3.50. The van der Waals surface area contributed by atoms with Crippen LogP contribution >= 0.6 is 0 Å². The molecule has 0 saturated heterocycles. The van der Waals surface area contributed by atoms with Crippen LogP contribution < -0.4 is 0 Å². The maximum atomic E-state index is 2.39. The predicted octanol–water partition coefficient (Wildman–Crippen LogP) is 5.69. The molecule has 2 aromatic carbocycles. The fourth-order valence-corrected chi connectivity index (χ4v) is 3.50. The maximum Gasteiger partial charge on any atom is 0.0240 e. The summed E-state index contributed by atoms with van der Waals surface area (Å²) in [6.45, 7) is 4.62. The molecule has 3 rings (SSSR count). The maximum absolute atomic E-state index is 2.39. The van der Waals surface area contributed by atoms with Crippen molar-refractivity contribution in [3.8, 4) is 0 Å². The molecule has 2 unspecified atom stereocenters. The molecule has 0 saturated carbocycles. The van der Waals surface area contributed by atoms with Gasteiger partial charge in [-0.05, 0) is 35.4 Å². The van der Waals surface area contributed by atoms with Gasteiger partial charge in [0, 0.05) is 5.41 Å². The third-order valence-electron chi connectivity index (χ3n) is 5.03. The Bertz CT molecular complexity index is 678. The first-order valence-corrected chi connectivity index (χ1v) is 8.23. The first-order chi connectivity index (χ1) is 10.7. The van der Waals surface area contributed by atoms with Crippen molar-refractivity contribution in [2.24, 2.45) is 5.92 Å². The Balaban J connectivity index is 2.14. The van der Waals surface area contributed by atoms with Crippen molar-refractivity contribution in [1.29, 1.82) is 0 Å². The molecule has 1 aliphatic carbocycles. The number of rotatable bonds is 4. The highest BCUT2D eigenvalue weighted by atomic mass is 14.4. The van der Waals surface area contributed by atoms with Gasteiger partial charge in [-0.25, -0.2) is 0 Å². The summed E-state index contributed by atoms with van der Waals surface area (Å²) >= 11 is 0. The second kappa shape index (κ2) is 6.36. The Morgan fingerprint density at radius 2 is 1.73 bits per heavy atom. The van der Waals surface area contributed by atoms with E-state index in [1.807, 2.05) is 0 Å². The normalized spacial score (nSPS) is 19.8. The minimum atomic E-state index is 0.00764. The second-order valence-corrected chi connectivity index (χ2v) is 6.28. The van der Waals surface area contributed by atoms with Crippen LogP contribution in [0.4, 0.5) is 0 Å². The van der Waals surface area contributed by atoms with E-state index in [9.17, 15) is 0 Å². The zero-order valence-electron chi connectivity index (χ0n) is 13.5. The second-order valence-electron chi connectivity index (χ2n) is 6.28. The lowest BCUT2D eigenvalue weighted by Gasteiger charge is -2.38. The van der Waals surface area contributed by atoms with E-state index in [2.05, 4.69) is 92.7 Å². The smallest absolute Gasteiger partial charge is 0.0240 e. The first kappa shape index (κ1) is 14.8.